The molecule has 0 saturated carbocycles. The van der Waals surface area contributed by atoms with Crippen molar-refractivity contribution in [3.05, 3.63) is 29.3 Å². The molecule has 1 aliphatic heterocycles. The minimum atomic E-state index is -0.314. The highest BCUT2D eigenvalue weighted by Gasteiger charge is 2.15. The van der Waals surface area contributed by atoms with Crippen molar-refractivity contribution in [2.24, 2.45) is 5.73 Å². The Morgan fingerprint density at radius 3 is 3.08 bits per heavy atom. The van der Waals surface area contributed by atoms with Crippen LogP contribution in [0.1, 0.15) is 22.3 Å². The fourth-order valence-electron chi connectivity index (χ4n) is 1.58. The molecule has 0 fully saturated rings. The molecular weight excluding hydrogens is 182 g/mol. The standard InChI is InChI=1S/C10H11NOS/c11-10(12)8-5-1-3-7-4-2-6-13-9(7)8/h1,3,5H,2,4,6H2,(H2,11,12). The summed E-state index contributed by atoms with van der Waals surface area (Å²) in [5.74, 6) is 0.781. The van der Waals surface area contributed by atoms with E-state index in [1.165, 1.54) is 12.0 Å². The van der Waals surface area contributed by atoms with E-state index < -0.39 is 0 Å². The number of hydrogen-bond acceptors (Lipinski definition) is 2. The number of aryl methyl sites for hydroxylation is 1. The first-order valence-corrected chi connectivity index (χ1v) is 5.32. The van der Waals surface area contributed by atoms with E-state index in [0.717, 1.165) is 17.1 Å². The second-order valence-corrected chi connectivity index (χ2v) is 4.22. The van der Waals surface area contributed by atoms with Crippen molar-refractivity contribution >= 4 is 17.7 Å². The van der Waals surface area contributed by atoms with Crippen LogP contribution in [0.15, 0.2) is 23.1 Å². The lowest BCUT2D eigenvalue weighted by Crippen LogP contribution is -2.14. The summed E-state index contributed by atoms with van der Waals surface area (Å²) in [7, 11) is 0. The van der Waals surface area contributed by atoms with Gasteiger partial charge in [-0.15, -0.1) is 11.8 Å². The summed E-state index contributed by atoms with van der Waals surface area (Å²) >= 11 is 1.74. The number of hydrogen-bond donors (Lipinski definition) is 1. The molecule has 1 amide bonds. The normalized spacial score (nSPS) is 15.1. The third kappa shape index (κ3) is 1.56. The van der Waals surface area contributed by atoms with Crippen LogP contribution < -0.4 is 5.73 Å². The molecule has 0 unspecified atom stereocenters. The summed E-state index contributed by atoms with van der Waals surface area (Å²) < 4.78 is 0. The zero-order chi connectivity index (χ0) is 9.26. The molecular formula is C10H11NOS. The summed E-state index contributed by atoms with van der Waals surface area (Å²) in [6, 6.07) is 5.79. The Hall–Kier alpha value is -0.960. The number of carbonyl (C=O) groups excluding carboxylic acids is 1. The molecule has 3 heteroatoms. The van der Waals surface area contributed by atoms with Crippen molar-refractivity contribution in [2.75, 3.05) is 5.75 Å². The van der Waals surface area contributed by atoms with Gasteiger partial charge in [-0.2, -0.15) is 0 Å². The van der Waals surface area contributed by atoms with Crippen molar-refractivity contribution in [1.82, 2.24) is 0 Å². The van der Waals surface area contributed by atoms with Gasteiger partial charge in [0.05, 0.1) is 5.56 Å². The lowest BCUT2D eigenvalue weighted by Gasteiger charge is -2.16. The van der Waals surface area contributed by atoms with E-state index >= 15 is 0 Å². The van der Waals surface area contributed by atoms with Crippen molar-refractivity contribution in [2.45, 2.75) is 17.7 Å². The summed E-state index contributed by atoms with van der Waals surface area (Å²) in [6.45, 7) is 0. The summed E-state index contributed by atoms with van der Waals surface area (Å²) in [5, 5.41) is 0. The fraction of sp³-hybridized carbons (Fsp3) is 0.300. The number of primary amides is 1. The van der Waals surface area contributed by atoms with Crippen molar-refractivity contribution in [3.8, 4) is 0 Å². The molecule has 0 saturated heterocycles. The van der Waals surface area contributed by atoms with Gasteiger partial charge < -0.3 is 5.73 Å². The predicted molar refractivity (Wildman–Crippen MR) is 54.0 cm³/mol. The molecule has 1 aromatic carbocycles. The van der Waals surface area contributed by atoms with Crippen molar-refractivity contribution in [3.63, 3.8) is 0 Å². The van der Waals surface area contributed by atoms with Gasteiger partial charge >= 0.3 is 0 Å². The number of amides is 1. The lowest BCUT2D eigenvalue weighted by molar-refractivity contribution is 0.0997. The van der Waals surface area contributed by atoms with Crippen LogP contribution in [0.4, 0.5) is 0 Å². The first-order valence-electron chi connectivity index (χ1n) is 4.33. The Bertz CT molecular complexity index is 349. The van der Waals surface area contributed by atoms with Gasteiger partial charge in [0.2, 0.25) is 5.91 Å². The molecule has 68 valence electrons. The monoisotopic (exact) mass is 193 g/mol. The first-order chi connectivity index (χ1) is 6.29. The van der Waals surface area contributed by atoms with E-state index in [-0.39, 0.29) is 5.91 Å². The van der Waals surface area contributed by atoms with Crippen LogP contribution in [0, 0.1) is 0 Å². The molecule has 13 heavy (non-hydrogen) atoms. The number of nitrogens with two attached hydrogens (primary N) is 1. The van der Waals surface area contributed by atoms with Gasteiger partial charge in [0.25, 0.3) is 0 Å². The average Bonchev–Trinajstić information content (AvgIpc) is 2.17. The Labute approximate surface area is 81.5 Å². The van der Waals surface area contributed by atoms with Crippen LogP contribution in [0.25, 0.3) is 0 Å². The minimum absolute atomic E-state index is 0.314. The number of rotatable bonds is 1. The summed E-state index contributed by atoms with van der Waals surface area (Å²) in [4.78, 5) is 12.2. The first kappa shape index (κ1) is 8.63. The molecule has 0 radical (unpaired) electrons. The Morgan fingerprint density at radius 1 is 1.46 bits per heavy atom. The maximum atomic E-state index is 11.1. The smallest absolute Gasteiger partial charge is 0.249 e. The second kappa shape index (κ2) is 3.42. The zero-order valence-corrected chi connectivity index (χ0v) is 8.06. The molecule has 0 aliphatic carbocycles. The fourth-order valence-corrected chi connectivity index (χ4v) is 2.76. The van der Waals surface area contributed by atoms with Gasteiger partial charge in [0.1, 0.15) is 0 Å². The molecule has 0 atom stereocenters. The lowest BCUT2D eigenvalue weighted by atomic mass is 10.1. The third-order valence-electron chi connectivity index (χ3n) is 2.20. The number of thioether (sulfide) groups is 1. The van der Waals surface area contributed by atoms with Crippen LogP contribution in [0.2, 0.25) is 0 Å². The van der Waals surface area contributed by atoms with E-state index in [4.69, 9.17) is 5.73 Å². The van der Waals surface area contributed by atoms with Gasteiger partial charge in [0.15, 0.2) is 0 Å². The third-order valence-corrected chi connectivity index (χ3v) is 3.46. The SMILES string of the molecule is NC(=O)c1cccc2c1SCCC2. The van der Waals surface area contributed by atoms with Gasteiger partial charge in [-0.05, 0) is 30.2 Å². The average molecular weight is 193 g/mol. The second-order valence-electron chi connectivity index (χ2n) is 3.11. The van der Waals surface area contributed by atoms with Crippen LogP contribution in [-0.2, 0) is 6.42 Å². The Balaban J connectivity index is 2.52. The van der Waals surface area contributed by atoms with Gasteiger partial charge in [-0.25, -0.2) is 0 Å². The molecule has 1 aromatic rings. The molecule has 0 spiro atoms. The maximum absolute atomic E-state index is 11.1. The Morgan fingerprint density at radius 2 is 2.31 bits per heavy atom. The maximum Gasteiger partial charge on any atom is 0.249 e. The van der Waals surface area contributed by atoms with E-state index in [1.807, 2.05) is 6.07 Å². The van der Waals surface area contributed by atoms with Crippen LogP contribution in [0.3, 0.4) is 0 Å². The van der Waals surface area contributed by atoms with E-state index in [2.05, 4.69) is 6.07 Å². The summed E-state index contributed by atoms with van der Waals surface area (Å²) in [5.41, 5.74) is 7.24. The van der Waals surface area contributed by atoms with Gasteiger partial charge in [-0.1, -0.05) is 12.1 Å². The van der Waals surface area contributed by atoms with E-state index in [1.54, 1.807) is 17.8 Å². The number of fused-ring (bicyclic) bond motifs is 1. The van der Waals surface area contributed by atoms with Crippen LogP contribution in [-0.4, -0.2) is 11.7 Å². The molecule has 0 bridgehead atoms. The molecule has 1 aliphatic rings. The quantitative estimate of drug-likeness (QED) is 0.739. The highest BCUT2D eigenvalue weighted by molar-refractivity contribution is 7.99. The van der Waals surface area contributed by atoms with E-state index in [9.17, 15) is 4.79 Å². The molecule has 2 N–H and O–H groups in total. The molecule has 0 aromatic heterocycles. The van der Waals surface area contributed by atoms with Crippen molar-refractivity contribution < 1.29 is 4.79 Å². The number of carbonyl (C=O) groups is 1. The topological polar surface area (TPSA) is 43.1 Å². The molecule has 1 heterocycles. The zero-order valence-electron chi connectivity index (χ0n) is 7.25. The Kier molecular flexibility index (Phi) is 2.27. The minimum Gasteiger partial charge on any atom is -0.366 e. The molecule has 2 rings (SSSR count). The molecule has 2 nitrogen and oxygen atoms in total. The van der Waals surface area contributed by atoms with Gasteiger partial charge in [-0.3, -0.25) is 4.79 Å². The van der Waals surface area contributed by atoms with Crippen LogP contribution >= 0.6 is 11.8 Å². The highest BCUT2D eigenvalue weighted by atomic mass is 32.2. The van der Waals surface area contributed by atoms with Gasteiger partial charge in [0, 0.05) is 4.90 Å². The largest absolute Gasteiger partial charge is 0.366 e. The predicted octanol–water partition coefficient (Wildman–Crippen LogP) is 1.82. The van der Waals surface area contributed by atoms with E-state index in [0.29, 0.717) is 5.56 Å². The van der Waals surface area contributed by atoms with Crippen LogP contribution in [0.5, 0.6) is 0 Å². The number of benzene rings is 1. The highest BCUT2D eigenvalue weighted by Crippen LogP contribution is 2.32. The van der Waals surface area contributed by atoms with Crippen molar-refractivity contribution in [1.29, 1.82) is 0 Å². The summed E-state index contributed by atoms with van der Waals surface area (Å²) in [6.07, 6.45) is 2.27.